The summed E-state index contributed by atoms with van der Waals surface area (Å²) in [5.41, 5.74) is 2.45. The highest BCUT2D eigenvalue weighted by molar-refractivity contribution is 6.05. The summed E-state index contributed by atoms with van der Waals surface area (Å²) in [4.78, 5) is 34.1. The summed E-state index contributed by atoms with van der Waals surface area (Å²) in [6.45, 7) is 2.60. The molecular formula is C19H17N3O2. The second kappa shape index (κ2) is 5.60. The lowest BCUT2D eigenvalue weighted by atomic mass is 9.97. The molecule has 0 radical (unpaired) electrons. The minimum absolute atomic E-state index is 0.0644. The van der Waals surface area contributed by atoms with Gasteiger partial charge in [-0.05, 0) is 30.7 Å². The molecule has 0 aliphatic carbocycles. The van der Waals surface area contributed by atoms with Gasteiger partial charge in [-0.25, -0.2) is 4.98 Å². The van der Waals surface area contributed by atoms with E-state index < -0.39 is 0 Å². The highest BCUT2D eigenvalue weighted by Gasteiger charge is 2.36. The Morgan fingerprint density at radius 2 is 1.83 bits per heavy atom. The van der Waals surface area contributed by atoms with Gasteiger partial charge in [-0.3, -0.25) is 9.59 Å². The van der Waals surface area contributed by atoms with E-state index in [1.165, 1.54) is 0 Å². The van der Waals surface area contributed by atoms with Crippen molar-refractivity contribution in [1.82, 2.24) is 9.97 Å². The van der Waals surface area contributed by atoms with Gasteiger partial charge in [-0.1, -0.05) is 30.3 Å². The number of amides is 1. The molecule has 1 aliphatic rings. The molecule has 1 amide bonds. The summed E-state index contributed by atoms with van der Waals surface area (Å²) in [5, 5.41) is 0.564. The molecule has 1 aliphatic heterocycles. The van der Waals surface area contributed by atoms with Crippen LogP contribution in [-0.4, -0.2) is 22.4 Å². The van der Waals surface area contributed by atoms with Crippen molar-refractivity contribution in [2.45, 2.75) is 19.3 Å². The number of nitrogens with zero attached hydrogens (tertiary/aromatic N) is 2. The van der Waals surface area contributed by atoms with E-state index in [1.807, 2.05) is 49.4 Å². The summed E-state index contributed by atoms with van der Waals surface area (Å²) in [6, 6.07) is 15.1. The fourth-order valence-electron chi connectivity index (χ4n) is 3.42. The Labute approximate surface area is 139 Å². The maximum absolute atomic E-state index is 12.8. The number of hydrogen-bond donors (Lipinski definition) is 1. The van der Waals surface area contributed by atoms with E-state index >= 15 is 0 Å². The lowest BCUT2D eigenvalue weighted by Crippen LogP contribution is -2.29. The Balaban J connectivity index is 1.76. The van der Waals surface area contributed by atoms with Crippen LogP contribution >= 0.6 is 0 Å². The Morgan fingerprint density at radius 3 is 2.67 bits per heavy atom. The van der Waals surface area contributed by atoms with Gasteiger partial charge in [0.05, 0.1) is 16.8 Å². The minimum atomic E-state index is -0.300. The first kappa shape index (κ1) is 14.6. The standard InChI is InChI=1S/C19H17N3O2/c1-2-22-16-10-6-4-7-12(16)14(19(22)24)11-17-20-15-9-5-3-8-13(15)18(23)21-17/h3-10,14H,2,11H2,1H3,(H,20,21,23)/t14-/m1/s1. The van der Waals surface area contributed by atoms with Crippen LogP contribution in [0.3, 0.4) is 0 Å². The quantitative estimate of drug-likeness (QED) is 0.807. The van der Waals surface area contributed by atoms with Gasteiger partial charge in [0.15, 0.2) is 0 Å². The number of para-hydroxylation sites is 2. The molecule has 0 saturated heterocycles. The first-order valence-electron chi connectivity index (χ1n) is 8.07. The van der Waals surface area contributed by atoms with Crippen LogP contribution < -0.4 is 10.5 Å². The van der Waals surface area contributed by atoms with Crippen molar-refractivity contribution in [1.29, 1.82) is 0 Å². The third kappa shape index (κ3) is 2.21. The number of carbonyl (C=O) groups excluding carboxylic acids is 1. The van der Waals surface area contributed by atoms with Crippen LogP contribution in [0, 0.1) is 0 Å². The van der Waals surface area contributed by atoms with E-state index in [1.54, 1.807) is 11.0 Å². The molecule has 2 aromatic carbocycles. The number of likely N-dealkylation sites (N-methyl/N-ethyl adjacent to an activating group) is 1. The largest absolute Gasteiger partial charge is 0.312 e. The molecule has 4 rings (SSSR count). The van der Waals surface area contributed by atoms with Crippen LogP contribution in [-0.2, 0) is 11.2 Å². The number of fused-ring (bicyclic) bond motifs is 2. The zero-order chi connectivity index (χ0) is 16.7. The van der Waals surface area contributed by atoms with E-state index in [0.717, 1.165) is 11.3 Å². The molecule has 1 atom stereocenters. The molecule has 5 nitrogen and oxygen atoms in total. The minimum Gasteiger partial charge on any atom is -0.312 e. The number of anilines is 1. The molecule has 5 heteroatoms. The lowest BCUT2D eigenvalue weighted by Gasteiger charge is -2.15. The smallest absolute Gasteiger partial charge is 0.258 e. The Kier molecular flexibility index (Phi) is 3.41. The fourth-order valence-corrected chi connectivity index (χ4v) is 3.42. The SMILES string of the molecule is CCN1C(=O)[C@H](Cc2nc3ccccc3c(=O)[nH]2)c2ccccc21. The number of carbonyl (C=O) groups is 1. The van der Waals surface area contributed by atoms with Crippen LogP contribution in [0.5, 0.6) is 0 Å². The second-order valence-electron chi connectivity index (χ2n) is 5.93. The predicted octanol–water partition coefficient (Wildman–Crippen LogP) is 2.62. The van der Waals surface area contributed by atoms with Gasteiger partial charge in [0.2, 0.25) is 5.91 Å². The fraction of sp³-hybridized carbons (Fsp3) is 0.211. The van der Waals surface area contributed by atoms with Crippen LogP contribution in [0.25, 0.3) is 10.9 Å². The molecule has 0 bridgehead atoms. The first-order valence-corrected chi connectivity index (χ1v) is 8.07. The van der Waals surface area contributed by atoms with Gasteiger partial charge in [0.1, 0.15) is 5.82 Å². The molecule has 3 aromatic rings. The Hall–Kier alpha value is -2.95. The van der Waals surface area contributed by atoms with Crippen molar-refractivity contribution in [3.8, 4) is 0 Å². The Bertz CT molecular complexity index is 993. The zero-order valence-corrected chi connectivity index (χ0v) is 13.3. The van der Waals surface area contributed by atoms with Gasteiger partial charge in [-0.15, -0.1) is 0 Å². The number of rotatable bonds is 3. The van der Waals surface area contributed by atoms with Gasteiger partial charge in [0.25, 0.3) is 5.56 Å². The molecule has 24 heavy (non-hydrogen) atoms. The monoisotopic (exact) mass is 319 g/mol. The summed E-state index contributed by atoms with van der Waals surface area (Å²) < 4.78 is 0. The molecule has 0 saturated carbocycles. The summed E-state index contributed by atoms with van der Waals surface area (Å²) in [6.07, 6.45) is 0.395. The second-order valence-corrected chi connectivity index (χ2v) is 5.93. The molecule has 2 heterocycles. The van der Waals surface area contributed by atoms with E-state index in [9.17, 15) is 9.59 Å². The molecule has 0 spiro atoms. The average Bonchev–Trinajstić information content (AvgIpc) is 2.87. The number of hydrogen-bond acceptors (Lipinski definition) is 3. The molecular weight excluding hydrogens is 302 g/mol. The van der Waals surface area contributed by atoms with Crippen molar-refractivity contribution in [3.05, 3.63) is 70.3 Å². The van der Waals surface area contributed by atoms with Crippen molar-refractivity contribution in [3.63, 3.8) is 0 Å². The highest BCUT2D eigenvalue weighted by Crippen LogP contribution is 2.38. The maximum Gasteiger partial charge on any atom is 0.258 e. The number of H-pyrrole nitrogens is 1. The molecule has 1 aromatic heterocycles. The van der Waals surface area contributed by atoms with E-state index in [4.69, 9.17) is 0 Å². The van der Waals surface area contributed by atoms with E-state index in [-0.39, 0.29) is 17.4 Å². The number of benzene rings is 2. The molecule has 0 unspecified atom stereocenters. The number of nitrogens with one attached hydrogen (secondary N) is 1. The lowest BCUT2D eigenvalue weighted by molar-refractivity contribution is -0.119. The number of aromatic amines is 1. The van der Waals surface area contributed by atoms with Gasteiger partial charge < -0.3 is 9.88 Å². The number of aromatic nitrogens is 2. The third-order valence-corrected chi connectivity index (χ3v) is 4.54. The summed E-state index contributed by atoms with van der Waals surface area (Å²) >= 11 is 0. The first-order chi connectivity index (χ1) is 11.7. The summed E-state index contributed by atoms with van der Waals surface area (Å²) in [7, 11) is 0. The van der Waals surface area contributed by atoms with Crippen LogP contribution in [0.4, 0.5) is 5.69 Å². The molecule has 120 valence electrons. The highest BCUT2D eigenvalue weighted by atomic mass is 16.2. The van der Waals surface area contributed by atoms with Crippen molar-refractivity contribution in [2.75, 3.05) is 11.4 Å². The predicted molar refractivity (Wildman–Crippen MR) is 93.3 cm³/mol. The normalized spacial score (nSPS) is 16.6. The Morgan fingerprint density at radius 1 is 1.08 bits per heavy atom. The van der Waals surface area contributed by atoms with Crippen LogP contribution in [0.2, 0.25) is 0 Å². The van der Waals surface area contributed by atoms with Crippen LogP contribution in [0.1, 0.15) is 24.2 Å². The molecule has 1 N–H and O–H groups in total. The van der Waals surface area contributed by atoms with E-state index in [0.29, 0.717) is 29.7 Å². The topological polar surface area (TPSA) is 66.1 Å². The van der Waals surface area contributed by atoms with Gasteiger partial charge in [0, 0.05) is 18.7 Å². The summed E-state index contributed by atoms with van der Waals surface area (Å²) in [5.74, 6) is 0.310. The zero-order valence-electron chi connectivity index (χ0n) is 13.3. The van der Waals surface area contributed by atoms with Crippen molar-refractivity contribution >= 4 is 22.5 Å². The third-order valence-electron chi connectivity index (χ3n) is 4.54. The maximum atomic E-state index is 12.8. The van der Waals surface area contributed by atoms with Crippen molar-refractivity contribution < 1.29 is 4.79 Å². The average molecular weight is 319 g/mol. The van der Waals surface area contributed by atoms with Gasteiger partial charge in [-0.2, -0.15) is 0 Å². The van der Waals surface area contributed by atoms with Gasteiger partial charge >= 0.3 is 0 Å². The van der Waals surface area contributed by atoms with Crippen molar-refractivity contribution in [2.24, 2.45) is 0 Å². The van der Waals surface area contributed by atoms with Crippen LogP contribution in [0.15, 0.2) is 53.3 Å². The molecule has 0 fully saturated rings. The van der Waals surface area contributed by atoms with E-state index in [2.05, 4.69) is 9.97 Å².